The Labute approximate surface area is 129 Å². The molecule has 22 heavy (non-hydrogen) atoms. The maximum atomic E-state index is 12.0. The number of ether oxygens (including phenoxy) is 1. The van der Waals surface area contributed by atoms with Gasteiger partial charge >= 0.3 is 5.69 Å². The molecule has 2 N–H and O–H groups in total. The van der Waals surface area contributed by atoms with Crippen molar-refractivity contribution in [1.29, 1.82) is 0 Å². The summed E-state index contributed by atoms with van der Waals surface area (Å²) in [5, 5.41) is 0. The zero-order valence-corrected chi connectivity index (χ0v) is 13.5. The van der Waals surface area contributed by atoms with E-state index in [9.17, 15) is 13.2 Å². The molecule has 0 saturated carbocycles. The van der Waals surface area contributed by atoms with E-state index in [0.717, 1.165) is 5.69 Å². The van der Waals surface area contributed by atoms with E-state index in [-0.39, 0.29) is 11.4 Å². The molecule has 2 rings (SSSR count). The molecular formula is C14H19N3O4S. The van der Waals surface area contributed by atoms with Gasteiger partial charge in [-0.3, -0.25) is 9.29 Å². The standard InChI is InChI=1S/C14H19N3O4S/c1-10-8-17(14(18)15-10)13-6-4-5-12(7-13)16-22(19,20)9-11(2)21-3/h4-8,11,16H,9H2,1-3H3,(H,15,18). The summed E-state index contributed by atoms with van der Waals surface area (Å²) in [6.45, 7) is 3.45. The smallest absolute Gasteiger partial charge is 0.330 e. The van der Waals surface area contributed by atoms with Crippen molar-refractivity contribution in [3.05, 3.63) is 46.6 Å². The first-order chi connectivity index (χ1) is 10.3. The number of nitrogens with one attached hydrogen (secondary N) is 2. The second-order valence-corrected chi connectivity index (χ2v) is 6.86. The van der Waals surface area contributed by atoms with Crippen LogP contribution in [0.3, 0.4) is 0 Å². The molecule has 120 valence electrons. The van der Waals surface area contributed by atoms with Gasteiger partial charge in [0.05, 0.1) is 23.2 Å². The topological polar surface area (TPSA) is 93.2 Å². The lowest BCUT2D eigenvalue weighted by atomic mass is 10.3. The van der Waals surface area contributed by atoms with E-state index < -0.39 is 16.1 Å². The monoisotopic (exact) mass is 325 g/mol. The lowest BCUT2D eigenvalue weighted by molar-refractivity contribution is 0.136. The molecule has 2 aromatic rings. The molecule has 0 fully saturated rings. The molecule has 0 saturated heterocycles. The van der Waals surface area contributed by atoms with E-state index in [4.69, 9.17) is 4.74 Å². The molecule has 0 radical (unpaired) electrons. The number of aromatic nitrogens is 2. The van der Waals surface area contributed by atoms with Gasteiger partial charge in [0.1, 0.15) is 0 Å². The minimum absolute atomic E-state index is 0.142. The molecule has 0 aliphatic rings. The van der Waals surface area contributed by atoms with Crippen LogP contribution < -0.4 is 10.4 Å². The SMILES string of the molecule is COC(C)CS(=O)(=O)Nc1cccc(-n2cc(C)[nH]c2=O)c1. The third-order valence-electron chi connectivity index (χ3n) is 3.10. The van der Waals surface area contributed by atoms with Crippen LogP contribution >= 0.6 is 0 Å². The number of benzene rings is 1. The maximum Gasteiger partial charge on any atom is 0.330 e. The van der Waals surface area contributed by atoms with Crippen LogP contribution in [0.25, 0.3) is 5.69 Å². The predicted octanol–water partition coefficient (Wildman–Crippen LogP) is 1.25. The first-order valence-electron chi connectivity index (χ1n) is 6.73. The Hall–Kier alpha value is -2.06. The van der Waals surface area contributed by atoms with Crippen molar-refractivity contribution in [3.63, 3.8) is 0 Å². The van der Waals surface area contributed by atoms with Crippen molar-refractivity contribution in [1.82, 2.24) is 9.55 Å². The number of aromatic amines is 1. The van der Waals surface area contributed by atoms with E-state index in [1.165, 1.54) is 11.7 Å². The highest BCUT2D eigenvalue weighted by atomic mass is 32.2. The average Bonchev–Trinajstić information content (AvgIpc) is 2.76. The largest absolute Gasteiger partial charge is 0.381 e. The predicted molar refractivity (Wildman–Crippen MR) is 85.0 cm³/mol. The minimum atomic E-state index is -3.52. The second-order valence-electron chi connectivity index (χ2n) is 5.09. The number of imidazole rings is 1. The molecule has 8 heteroatoms. The van der Waals surface area contributed by atoms with Gasteiger partial charge in [0.25, 0.3) is 0 Å². The van der Waals surface area contributed by atoms with E-state index in [1.54, 1.807) is 44.3 Å². The van der Waals surface area contributed by atoms with E-state index in [0.29, 0.717) is 11.4 Å². The molecule has 1 aromatic heterocycles. The fourth-order valence-electron chi connectivity index (χ4n) is 2.02. The number of methoxy groups -OCH3 is 1. The van der Waals surface area contributed by atoms with Gasteiger partial charge in [-0.2, -0.15) is 0 Å². The van der Waals surface area contributed by atoms with Gasteiger partial charge in [0.2, 0.25) is 10.0 Å². The van der Waals surface area contributed by atoms with Crippen LogP contribution in [0.15, 0.2) is 35.3 Å². The highest BCUT2D eigenvalue weighted by Crippen LogP contribution is 2.15. The third kappa shape index (κ3) is 3.99. The highest BCUT2D eigenvalue weighted by molar-refractivity contribution is 7.92. The third-order valence-corrected chi connectivity index (χ3v) is 4.55. The summed E-state index contributed by atoms with van der Waals surface area (Å²) in [6.07, 6.45) is 1.25. The van der Waals surface area contributed by atoms with Crippen LogP contribution in [-0.4, -0.2) is 36.9 Å². The summed E-state index contributed by atoms with van der Waals surface area (Å²) in [7, 11) is -2.06. The Morgan fingerprint density at radius 1 is 1.41 bits per heavy atom. The van der Waals surface area contributed by atoms with Crippen molar-refractivity contribution < 1.29 is 13.2 Å². The van der Waals surface area contributed by atoms with Crippen molar-refractivity contribution in [2.45, 2.75) is 20.0 Å². The first kappa shape index (κ1) is 16.3. The number of anilines is 1. The Balaban J connectivity index is 2.26. The lowest BCUT2D eigenvalue weighted by Crippen LogP contribution is -2.25. The lowest BCUT2D eigenvalue weighted by Gasteiger charge is -2.12. The van der Waals surface area contributed by atoms with E-state index >= 15 is 0 Å². The van der Waals surface area contributed by atoms with Crippen LogP contribution in [0, 0.1) is 6.92 Å². The zero-order valence-electron chi connectivity index (χ0n) is 12.7. The van der Waals surface area contributed by atoms with Crippen LogP contribution in [0.2, 0.25) is 0 Å². The Morgan fingerprint density at radius 3 is 2.73 bits per heavy atom. The van der Waals surface area contributed by atoms with Crippen molar-refractivity contribution in [2.75, 3.05) is 17.6 Å². The molecule has 1 unspecified atom stereocenters. The molecule has 0 bridgehead atoms. The minimum Gasteiger partial charge on any atom is -0.381 e. The second kappa shape index (κ2) is 6.37. The number of H-pyrrole nitrogens is 1. The summed E-state index contributed by atoms with van der Waals surface area (Å²) in [5.74, 6) is -0.142. The van der Waals surface area contributed by atoms with Gasteiger partial charge in [-0.25, -0.2) is 13.2 Å². The summed E-state index contributed by atoms with van der Waals surface area (Å²) < 4.78 is 32.9. The van der Waals surface area contributed by atoms with Gasteiger partial charge in [-0.15, -0.1) is 0 Å². The molecule has 0 aliphatic carbocycles. The van der Waals surface area contributed by atoms with Crippen molar-refractivity contribution in [2.24, 2.45) is 0 Å². The average molecular weight is 325 g/mol. The summed E-state index contributed by atoms with van der Waals surface area (Å²) in [5.41, 5.74) is 1.43. The Morgan fingerprint density at radius 2 is 2.14 bits per heavy atom. The Kier molecular flexibility index (Phi) is 4.72. The van der Waals surface area contributed by atoms with E-state index in [2.05, 4.69) is 9.71 Å². The number of hydrogen-bond acceptors (Lipinski definition) is 4. The summed E-state index contributed by atoms with van der Waals surface area (Å²) in [6, 6.07) is 6.64. The fraction of sp³-hybridized carbons (Fsp3) is 0.357. The van der Waals surface area contributed by atoms with Crippen molar-refractivity contribution in [3.8, 4) is 5.69 Å². The van der Waals surface area contributed by atoms with Crippen LogP contribution in [0.5, 0.6) is 0 Å². The van der Waals surface area contributed by atoms with Crippen molar-refractivity contribution >= 4 is 15.7 Å². The molecule has 0 amide bonds. The molecule has 1 atom stereocenters. The summed E-state index contributed by atoms with van der Waals surface area (Å²) in [4.78, 5) is 14.4. The molecule has 1 aromatic carbocycles. The van der Waals surface area contributed by atoms with Gasteiger partial charge in [0, 0.05) is 19.0 Å². The van der Waals surface area contributed by atoms with Gasteiger partial charge in [-0.05, 0) is 32.0 Å². The zero-order chi connectivity index (χ0) is 16.3. The molecule has 1 heterocycles. The number of nitrogens with zero attached hydrogens (tertiary/aromatic N) is 1. The molecule has 0 spiro atoms. The first-order valence-corrected chi connectivity index (χ1v) is 8.38. The van der Waals surface area contributed by atoms with Gasteiger partial charge in [0.15, 0.2) is 0 Å². The van der Waals surface area contributed by atoms with Gasteiger partial charge < -0.3 is 9.72 Å². The van der Waals surface area contributed by atoms with Crippen LogP contribution in [-0.2, 0) is 14.8 Å². The molecule has 7 nitrogen and oxygen atoms in total. The number of rotatable bonds is 6. The van der Waals surface area contributed by atoms with Gasteiger partial charge in [-0.1, -0.05) is 6.07 Å². The molecule has 0 aliphatic heterocycles. The number of aryl methyl sites for hydroxylation is 1. The van der Waals surface area contributed by atoms with Crippen LogP contribution in [0.1, 0.15) is 12.6 Å². The number of hydrogen-bond donors (Lipinski definition) is 2. The normalized spacial score (nSPS) is 13.0. The maximum absolute atomic E-state index is 12.0. The van der Waals surface area contributed by atoms with E-state index in [1.807, 2.05) is 0 Å². The number of sulfonamides is 1. The van der Waals surface area contributed by atoms with Crippen LogP contribution in [0.4, 0.5) is 5.69 Å². The summed E-state index contributed by atoms with van der Waals surface area (Å²) >= 11 is 0. The fourth-order valence-corrected chi connectivity index (χ4v) is 3.35. The highest BCUT2D eigenvalue weighted by Gasteiger charge is 2.15. The molecular weight excluding hydrogens is 306 g/mol. The Bertz CT molecular complexity index is 807. The quantitative estimate of drug-likeness (QED) is 0.836.